The molecule has 0 heterocycles. The lowest BCUT2D eigenvalue weighted by Crippen LogP contribution is -2.56. The van der Waals surface area contributed by atoms with Crippen LogP contribution in [0.5, 0.6) is 0 Å². The van der Waals surface area contributed by atoms with Crippen LogP contribution in [0.25, 0.3) is 0 Å². The fourth-order valence-corrected chi connectivity index (χ4v) is 2.63. The van der Waals surface area contributed by atoms with Crippen molar-refractivity contribution in [2.24, 2.45) is 17.4 Å². The number of nitrogens with two attached hydrogens (primary N) is 2. The highest BCUT2D eigenvalue weighted by atomic mass is 14.8. The Labute approximate surface area is 75.7 Å². The predicted molar refractivity (Wildman–Crippen MR) is 52.8 cm³/mol. The first kappa shape index (κ1) is 10.0. The quantitative estimate of drug-likeness (QED) is 0.662. The largest absolute Gasteiger partial charge is 0.327 e. The fraction of sp³-hybridized carbons (Fsp3) is 1.00. The van der Waals surface area contributed by atoms with Crippen LogP contribution in [-0.2, 0) is 0 Å². The van der Waals surface area contributed by atoms with E-state index in [0.29, 0.717) is 12.0 Å². The third-order valence-corrected chi connectivity index (χ3v) is 3.53. The van der Waals surface area contributed by atoms with Gasteiger partial charge < -0.3 is 11.5 Å². The van der Waals surface area contributed by atoms with E-state index in [1.165, 1.54) is 6.42 Å². The Morgan fingerprint density at radius 2 is 2.08 bits per heavy atom. The Kier molecular flexibility index (Phi) is 3.13. The van der Waals surface area contributed by atoms with E-state index in [1.54, 1.807) is 0 Å². The molecule has 1 saturated carbocycles. The molecule has 72 valence electrons. The second-order valence-electron chi connectivity index (χ2n) is 4.16. The minimum atomic E-state index is 0.0341. The SMILES string of the molecule is CCC1C(N)CCCC1(N)CC. The summed E-state index contributed by atoms with van der Waals surface area (Å²) in [6, 6.07) is 0.341. The third kappa shape index (κ3) is 1.64. The van der Waals surface area contributed by atoms with Crippen molar-refractivity contribution in [2.75, 3.05) is 0 Å². The predicted octanol–water partition coefficient (Wildman–Crippen LogP) is 1.63. The van der Waals surface area contributed by atoms with Crippen LogP contribution in [0.1, 0.15) is 46.0 Å². The molecule has 0 radical (unpaired) electrons. The summed E-state index contributed by atoms with van der Waals surface area (Å²) in [5.41, 5.74) is 12.4. The molecule has 1 aliphatic rings. The molecule has 3 unspecified atom stereocenters. The molecule has 0 saturated heterocycles. The van der Waals surface area contributed by atoms with Crippen molar-refractivity contribution in [3.05, 3.63) is 0 Å². The van der Waals surface area contributed by atoms with E-state index in [-0.39, 0.29) is 5.54 Å². The standard InChI is InChI=1S/C10H22N2/c1-3-8-9(11)6-5-7-10(8,12)4-2/h8-9H,3-7,11-12H2,1-2H3. The summed E-state index contributed by atoms with van der Waals surface area (Å²) < 4.78 is 0. The molecule has 0 bridgehead atoms. The van der Waals surface area contributed by atoms with Crippen molar-refractivity contribution in [1.82, 2.24) is 0 Å². The maximum atomic E-state index is 6.32. The molecule has 12 heavy (non-hydrogen) atoms. The van der Waals surface area contributed by atoms with Gasteiger partial charge in [-0.3, -0.25) is 0 Å². The van der Waals surface area contributed by atoms with Gasteiger partial charge in [0.25, 0.3) is 0 Å². The van der Waals surface area contributed by atoms with Crippen molar-refractivity contribution in [1.29, 1.82) is 0 Å². The van der Waals surface area contributed by atoms with Gasteiger partial charge >= 0.3 is 0 Å². The van der Waals surface area contributed by atoms with Gasteiger partial charge in [0.05, 0.1) is 0 Å². The zero-order valence-electron chi connectivity index (χ0n) is 8.34. The van der Waals surface area contributed by atoms with Crippen LogP contribution in [0.3, 0.4) is 0 Å². The van der Waals surface area contributed by atoms with E-state index in [9.17, 15) is 0 Å². The van der Waals surface area contributed by atoms with Gasteiger partial charge in [0.15, 0.2) is 0 Å². The third-order valence-electron chi connectivity index (χ3n) is 3.53. The minimum absolute atomic E-state index is 0.0341. The van der Waals surface area contributed by atoms with Crippen molar-refractivity contribution in [3.63, 3.8) is 0 Å². The van der Waals surface area contributed by atoms with Crippen LogP contribution < -0.4 is 11.5 Å². The molecule has 1 fully saturated rings. The molecule has 0 aliphatic heterocycles. The highest BCUT2D eigenvalue weighted by Crippen LogP contribution is 2.35. The molecule has 3 atom stereocenters. The monoisotopic (exact) mass is 170 g/mol. The molecule has 4 N–H and O–H groups in total. The molecule has 0 aromatic heterocycles. The highest BCUT2D eigenvalue weighted by molar-refractivity contribution is 4.98. The van der Waals surface area contributed by atoms with Gasteiger partial charge in [-0.25, -0.2) is 0 Å². The van der Waals surface area contributed by atoms with E-state index >= 15 is 0 Å². The summed E-state index contributed by atoms with van der Waals surface area (Å²) in [5.74, 6) is 0.538. The Balaban J connectivity index is 2.70. The Morgan fingerprint density at radius 3 is 2.50 bits per heavy atom. The average molecular weight is 170 g/mol. The lowest BCUT2D eigenvalue weighted by Gasteiger charge is -2.44. The van der Waals surface area contributed by atoms with E-state index in [1.807, 2.05) is 0 Å². The highest BCUT2D eigenvalue weighted by Gasteiger charge is 2.38. The molecule has 1 rings (SSSR count). The lowest BCUT2D eigenvalue weighted by atomic mass is 9.68. The Hall–Kier alpha value is -0.0800. The summed E-state index contributed by atoms with van der Waals surface area (Å²) in [4.78, 5) is 0. The Morgan fingerprint density at radius 1 is 1.42 bits per heavy atom. The van der Waals surface area contributed by atoms with Crippen LogP contribution in [0, 0.1) is 5.92 Å². The van der Waals surface area contributed by atoms with E-state index < -0.39 is 0 Å². The maximum absolute atomic E-state index is 6.32. The summed E-state index contributed by atoms with van der Waals surface area (Å²) in [7, 11) is 0. The van der Waals surface area contributed by atoms with E-state index in [2.05, 4.69) is 13.8 Å². The van der Waals surface area contributed by atoms with Gasteiger partial charge in [-0.1, -0.05) is 26.7 Å². The summed E-state index contributed by atoms with van der Waals surface area (Å²) in [5, 5.41) is 0. The fourth-order valence-electron chi connectivity index (χ4n) is 2.63. The topological polar surface area (TPSA) is 52.0 Å². The van der Waals surface area contributed by atoms with Crippen molar-refractivity contribution in [3.8, 4) is 0 Å². The van der Waals surface area contributed by atoms with Gasteiger partial charge in [-0.2, -0.15) is 0 Å². The van der Waals surface area contributed by atoms with Crippen molar-refractivity contribution >= 4 is 0 Å². The zero-order chi connectivity index (χ0) is 9.19. The van der Waals surface area contributed by atoms with Gasteiger partial charge in [0.1, 0.15) is 0 Å². The summed E-state index contributed by atoms with van der Waals surface area (Å²) in [6.45, 7) is 4.38. The normalized spacial score (nSPS) is 43.0. The molecule has 1 aliphatic carbocycles. The van der Waals surface area contributed by atoms with Crippen LogP contribution in [0.2, 0.25) is 0 Å². The number of rotatable bonds is 2. The van der Waals surface area contributed by atoms with Crippen LogP contribution >= 0.6 is 0 Å². The molecule has 0 aromatic rings. The van der Waals surface area contributed by atoms with Crippen molar-refractivity contribution < 1.29 is 0 Å². The Bertz CT molecular complexity index is 147. The zero-order valence-corrected chi connectivity index (χ0v) is 8.34. The van der Waals surface area contributed by atoms with E-state index in [4.69, 9.17) is 11.5 Å². The van der Waals surface area contributed by atoms with Gasteiger partial charge in [0.2, 0.25) is 0 Å². The van der Waals surface area contributed by atoms with Crippen molar-refractivity contribution in [2.45, 2.75) is 57.5 Å². The minimum Gasteiger partial charge on any atom is -0.327 e. The second kappa shape index (κ2) is 3.75. The lowest BCUT2D eigenvalue weighted by molar-refractivity contribution is 0.152. The average Bonchev–Trinajstić information content (AvgIpc) is 2.05. The number of hydrogen-bond donors (Lipinski definition) is 2. The van der Waals surface area contributed by atoms with Crippen LogP contribution in [0.15, 0.2) is 0 Å². The van der Waals surface area contributed by atoms with Crippen LogP contribution in [-0.4, -0.2) is 11.6 Å². The first-order valence-electron chi connectivity index (χ1n) is 5.18. The van der Waals surface area contributed by atoms with E-state index in [0.717, 1.165) is 25.7 Å². The molecular formula is C10H22N2. The summed E-state index contributed by atoms with van der Waals surface area (Å²) in [6.07, 6.45) is 5.74. The molecule has 0 spiro atoms. The first-order valence-corrected chi connectivity index (χ1v) is 5.18. The van der Waals surface area contributed by atoms with Gasteiger partial charge in [-0.05, 0) is 25.2 Å². The molecule has 0 amide bonds. The first-order chi connectivity index (χ1) is 5.64. The molecule has 0 aromatic carbocycles. The summed E-state index contributed by atoms with van der Waals surface area (Å²) >= 11 is 0. The van der Waals surface area contributed by atoms with Crippen LogP contribution in [0.4, 0.5) is 0 Å². The molecule has 2 heteroatoms. The number of hydrogen-bond acceptors (Lipinski definition) is 2. The maximum Gasteiger partial charge on any atom is 0.0194 e. The smallest absolute Gasteiger partial charge is 0.0194 e. The van der Waals surface area contributed by atoms with Gasteiger partial charge in [0, 0.05) is 11.6 Å². The van der Waals surface area contributed by atoms with Gasteiger partial charge in [-0.15, -0.1) is 0 Å². The second-order valence-corrected chi connectivity index (χ2v) is 4.16. The molecular weight excluding hydrogens is 148 g/mol. The molecule has 2 nitrogen and oxygen atoms in total.